The van der Waals surface area contributed by atoms with E-state index in [-0.39, 0.29) is 27.3 Å². The minimum absolute atomic E-state index is 0.00603. The Morgan fingerprint density at radius 3 is 2.53 bits per heavy atom. The lowest BCUT2D eigenvalue weighted by atomic mass is 10.1. The molecule has 0 radical (unpaired) electrons. The predicted octanol–water partition coefficient (Wildman–Crippen LogP) is 3.98. The summed E-state index contributed by atoms with van der Waals surface area (Å²) in [6.45, 7) is 7.83. The monoisotopic (exact) mass is 466 g/mol. The lowest BCUT2D eigenvalue weighted by molar-refractivity contribution is -0.113. The van der Waals surface area contributed by atoms with Crippen LogP contribution in [-0.2, 0) is 14.8 Å². The Hall–Kier alpha value is -2.12. The molecular weight excluding hydrogens is 444 g/mol. The summed E-state index contributed by atoms with van der Waals surface area (Å²) in [5, 5.41) is 12.7. The number of carbonyl (C=O) groups excluding carboxylic acids is 1. The third-order valence-corrected chi connectivity index (χ3v) is 7.67. The Balaban J connectivity index is 2.20. The Bertz CT molecular complexity index is 1090. The van der Waals surface area contributed by atoms with Crippen LogP contribution in [-0.4, -0.2) is 42.5 Å². The lowest BCUT2D eigenvalue weighted by Gasteiger charge is -2.19. The van der Waals surface area contributed by atoms with Crippen molar-refractivity contribution in [2.24, 2.45) is 0 Å². The van der Waals surface area contributed by atoms with Crippen molar-refractivity contribution in [2.75, 3.05) is 24.2 Å². The van der Waals surface area contributed by atoms with Crippen molar-refractivity contribution >= 4 is 45.0 Å². The first kappa shape index (κ1) is 24.2. The lowest BCUT2D eigenvalue weighted by Crippen LogP contribution is -2.30. The molecule has 0 saturated carbocycles. The average Bonchev–Trinajstić information content (AvgIpc) is 2.68. The maximum absolute atomic E-state index is 12.7. The van der Waals surface area contributed by atoms with Gasteiger partial charge >= 0.3 is 0 Å². The largest absolute Gasteiger partial charge is 0.324 e. The molecule has 1 aromatic heterocycles. The number of anilines is 1. The molecule has 0 saturated heterocycles. The molecule has 1 N–H and O–H groups in total. The fraction of sp³-hybridized carbons (Fsp3) is 0.350. The maximum Gasteiger partial charge on any atom is 0.243 e. The zero-order valence-electron chi connectivity index (χ0n) is 17.2. The molecule has 10 heteroatoms. The maximum atomic E-state index is 12.7. The van der Waals surface area contributed by atoms with Crippen LogP contribution in [0.3, 0.4) is 0 Å². The summed E-state index contributed by atoms with van der Waals surface area (Å²) in [5.41, 5.74) is 2.20. The molecule has 1 amide bonds. The molecule has 0 aliphatic carbocycles. The summed E-state index contributed by atoms with van der Waals surface area (Å²) in [6.07, 6.45) is 0. The second-order valence-electron chi connectivity index (χ2n) is 6.44. The molecule has 2 aromatic rings. The summed E-state index contributed by atoms with van der Waals surface area (Å²) in [5.74, 6) is -0.391. The van der Waals surface area contributed by atoms with Gasteiger partial charge < -0.3 is 5.32 Å². The number of aromatic nitrogens is 1. The van der Waals surface area contributed by atoms with Gasteiger partial charge in [-0.3, -0.25) is 4.79 Å². The second-order valence-corrected chi connectivity index (χ2v) is 9.75. The van der Waals surface area contributed by atoms with Crippen molar-refractivity contribution in [1.82, 2.24) is 9.29 Å². The number of rotatable bonds is 8. The van der Waals surface area contributed by atoms with Gasteiger partial charge in [-0.2, -0.15) is 9.57 Å². The molecule has 0 spiro atoms. The summed E-state index contributed by atoms with van der Waals surface area (Å²) < 4.78 is 26.8. The van der Waals surface area contributed by atoms with Gasteiger partial charge in [0.1, 0.15) is 11.1 Å². The Kier molecular flexibility index (Phi) is 8.26. The molecular formula is C20H23ClN4O3S2. The number of halogens is 1. The number of carbonyl (C=O) groups is 1. The quantitative estimate of drug-likeness (QED) is 0.590. The highest BCUT2D eigenvalue weighted by molar-refractivity contribution is 8.00. The number of thioether (sulfide) groups is 1. The van der Waals surface area contributed by atoms with Gasteiger partial charge in [-0.25, -0.2) is 13.4 Å². The van der Waals surface area contributed by atoms with E-state index >= 15 is 0 Å². The highest BCUT2D eigenvalue weighted by atomic mass is 35.5. The summed E-state index contributed by atoms with van der Waals surface area (Å²) in [6, 6.07) is 8.14. The zero-order valence-corrected chi connectivity index (χ0v) is 19.6. The van der Waals surface area contributed by atoms with E-state index in [2.05, 4.69) is 16.4 Å². The standard InChI is InChI=1S/C20H23ClN4O3S2/c1-5-25(6-2)30(27,28)15-7-8-17(21)18(10-15)24-19(26)12-29-20-16(11-22)13(3)9-14(4)23-20/h7-10H,5-6,12H2,1-4H3,(H,24,26). The van der Waals surface area contributed by atoms with Crippen LogP contribution in [0.15, 0.2) is 34.2 Å². The van der Waals surface area contributed by atoms with Gasteiger partial charge in [0.25, 0.3) is 0 Å². The van der Waals surface area contributed by atoms with Crippen LogP contribution >= 0.6 is 23.4 Å². The van der Waals surface area contributed by atoms with Crippen LogP contribution in [0, 0.1) is 25.2 Å². The van der Waals surface area contributed by atoms with E-state index in [4.69, 9.17) is 11.6 Å². The van der Waals surface area contributed by atoms with Gasteiger partial charge in [0.05, 0.1) is 26.9 Å². The molecule has 7 nitrogen and oxygen atoms in total. The van der Waals surface area contributed by atoms with Gasteiger partial charge in [-0.1, -0.05) is 37.2 Å². The molecule has 0 unspecified atom stereocenters. The van der Waals surface area contributed by atoms with Crippen LogP contribution in [0.2, 0.25) is 5.02 Å². The van der Waals surface area contributed by atoms with Crippen LogP contribution < -0.4 is 5.32 Å². The highest BCUT2D eigenvalue weighted by Crippen LogP contribution is 2.28. The molecule has 0 atom stereocenters. The first-order chi connectivity index (χ1) is 14.1. The van der Waals surface area contributed by atoms with Crippen LogP contribution in [0.1, 0.15) is 30.7 Å². The fourth-order valence-electron chi connectivity index (χ4n) is 2.84. The Labute approximate surface area is 186 Å². The van der Waals surface area contributed by atoms with Crippen molar-refractivity contribution in [2.45, 2.75) is 37.6 Å². The Morgan fingerprint density at radius 2 is 1.93 bits per heavy atom. The highest BCUT2D eigenvalue weighted by Gasteiger charge is 2.23. The van der Waals surface area contributed by atoms with E-state index in [0.717, 1.165) is 23.0 Å². The molecule has 0 aliphatic rings. The van der Waals surface area contributed by atoms with Crippen molar-refractivity contribution in [3.63, 3.8) is 0 Å². The number of nitrogens with one attached hydrogen (secondary N) is 1. The van der Waals surface area contributed by atoms with Crippen molar-refractivity contribution in [3.8, 4) is 6.07 Å². The number of pyridine rings is 1. The van der Waals surface area contributed by atoms with E-state index < -0.39 is 10.0 Å². The minimum Gasteiger partial charge on any atom is -0.324 e. The van der Waals surface area contributed by atoms with Gasteiger partial charge in [0.15, 0.2) is 0 Å². The third-order valence-electron chi connectivity index (χ3n) is 4.32. The van der Waals surface area contributed by atoms with E-state index in [0.29, 0.717) is 23.7 Å². The molecule has 160 valence electrons. The average molecular weight is 467 g/mol. The van der Waals surface area contributed by atoms with E-state index in [1.807, 2.05) is 19.9 Å². The summed E-state index contributed by atoms with van der Waals surface area (Å²) >= 11 is 7.30. The number of nitriles is 1. The fourth-order valence-corrected chi connectivity index (χ4v) is 5.39. The second kappa shape index (κ2) is 10.3. The Morgan fingerprint density at radius 1 is 1.27 bits per heavy atom. The number of aryl methyl sites for hydroxylation is 2. The minimum atomic E-state index is -3.68. The van der Waals surface area contributed by atoms with Gasteiger partial charge in [-0.15, -0.1) is 0 Å². The van der Waals surface area contributed by atoms with Crippen LogP contribution in [0.5, 0.6) is 0 Å². The van der Waals surface area contributed by atoms with Gasteiger partial charge in [0, 0.05) is 18.8 Å². The molecule has 1 aromatic carbocycles. The number of amides is 1. The van der Waals surface area contributed by atoms with E-state index in [1.54, 1.807) is 13.8 Å². The molecule has 30 heavy (non-hydrogen) atoms. The van der Waals surface area contributed by atoms with Crippen molar-refractivity contribution in [1.29, 1.82) is 5.26 Å². The number of hydrogen-bond acceptors (Lipinski definition) is 6. The first-order valence-corrected chi connectivity index (χ1v) is 12.0. The number of hydrogen-bond donors (Lipinski definition) is 1. The van der Waals surface area contributed by atoms with Crippen LogP contribution in [0.25, 0.3) is 0 Å². The smallest absolute Gasteiger partial charge is 0.243 e. The topological polar surface area (TPSA) is 103 Å². The van der Waals surface area contributed by atoms with Crippen molar-refractivity contribution < 1.29 is 13.2 Å². The molecule has 0 bridgehead atoms. The molecule has 1 heterocycles. The number of nitrogens with zero attached hydrogens (tertiary/aromatic N) is 3. The van der Waals surface area contributed by atoms with Gasteiger partial charge in [-0.05, 0) is 43.7 Å². The number of benzene rings is 1. The van der Waals surface area contributed by atoms with Gasteiger partial charge in [0.2, 0.25) is 15.9 Å². The zero-order chi connectivity index (χ0) is 22.5. The van der Waals surface area contributed by atoms with Crippen molar-refractivity contribution in [3.05, 3.63) is 46.1 Å². The third kappa shape index (κ3) is 5.52. The summed E-state index contributed by atoms with van der Waals surface area (Å²) in [4.78, 5) is 16.8. The van der Waals surface area contributed by atoms with E-state index in [9.17, 15) is 18.5 Å². The van der Waals surface area contributed by atoms with Crippen LogP contribution in [0.4, 0.5) is 5.69 Å². The first-order valence-electron chi connectivity index (χ1n) is 9.24. The normalized spacial score (nSPS) is 11.4. The van der Waals surface area contributed by atoms with E-state index in [1.165, 1.54) is 22.5 Å². The molecule has 2 rings (SSSR count). The number of sulfonamides is 1. The predicted molar refractivity (Wildman–Crippen MR) is 119 cm³/mol. The summed E-state index contributed by atoms with van der Waals surface area (Å²) in [7, 11) is -3.68. The molecule has 0 aliphatic heterocycles. The SMILES string of the molecule is CCN(CC)S(=O)(=O)c1ccc(Cl)c(NC(=O)CSc2nc(C)cc(C)c2C#N)c1. The molecule has 0 fully saturated rings.